The van der Waals surface area contributed by atoms with E-state index in [-0.39, 0.29) is 54.4 Å². The van der Waals surface area contributed by atoms with Crippen LogP contribution in [0.15, 0.2) is 27.5 Å². The highest BCUT2D eigenvalue weighted by Crippen LogP contribution is 2.48. The van der Waals surface area contributed by atoms with Crippen molar-refractivity contribution in [2.24, 2.45) is 11.3 Å². The van der Waals surface area contributed by atoms with Gasteiger partial charge in [0.25, 0.3) is 5.91 Å². The van der Waals surface area contributed by atoms with Crippen LogP contribution >= 0.6 is 0 Å². The third-order valence-corrected chi connectivity index (χ3v) is 9.47. The Morgan fingerprint density at radius 2 is 1.94 bits per heavy atom. The molecule has 48 heavy (non-hydrogen) atoms. The third-order valence-electron chi connectivity index (χ3n) is 9.47. The van der Waals surface area contributed by atoms with E-state index in [1.165, 1.54) is 29.9 Å². The lowest BCUT2D eigenvalue weighted by Crippen LogP contribution is -2.40. The van der Waals surface area contributed by atoms with Crippen molar-refractivity contribution in [2.45, 2.75) is 94.5 Å². The molecule has 14 nitrogen and oxygen atoms in total. The fourth-order valence-electron chi connectivity index (χ4n) is 6.71. The number of nitrogens with one attached hydrogen (secondary N) is 2. The van der Waals surface area contributed by atoms with Gasteiger partial charge in [0, 0.05) is 25.7 Å². The molecular weight excluding hydrogens is 649 g/mol. The Morgan fingerprint density at radius 3 is 2.58 bits per heavy atom. The maximum absolute atomic E-state index is 14.1. The minimum absolute atomic E-state index is 0.0140. The Bertz CT molecular complexity index is 1840. The molecule has 2 aliphatic carbocycles. The zero-order chi connectivity index (χ0) is 34.0. The number of rotatable bonds is 9. The Balaban J connectivity index is 1.20. The minimum Gasteiger partial charge on any atom is -0.423 e. The van der Waals surface area contributed by atoms with Gasteiger partial charge in [0.1, 0.15) is 17.8 Å². The van der Waals surface area contributed by atoms with Crippen LogP contribution in [0.3, 0.4) is 0 Å². The summed E-state index contributed by atoms with van der Waals surface area (Å²) in [5.41, 5.74) is -0.844. The second-order valence-electron chi connectivity index (χ2n) is 12.9. The highest BCUT2D eigenvalue weighted by atomic mass is 19.4. The van der Waals surface area contributed by atoms with Crippen LogP contribution in [0.5, 0.6) is 0 Å². The third kappa shape index (κ3) is 5.99. The summed E-state index contributed by atoms with van der Waals surface area (Å²) >= 11 is 0. The van der Waals surface area contributed by atoms with Crippen LogP contribution in [0.2, 0.25) is 0 Å². The number of nitrogens with zero attached hydrogens (tertiary/aromatic N) is 7. The second-order valence-corrected chi connectivity index (χ2v) is 12.9. The molecule has 4 aromatic heterocycles. The van der Waals surface area contributed by atoms with Gasteiger partial charge in [0.15, 0.2) is 11.3 Å². The number of alkyl halides is 5. The Hall–Kier alpha value is -4.55. The summed E-state index contributed by atoms with van der Waals surface area (Å²) in [5, 5.41) is 35.4. The summed E-state index contributed by atoms with van der Waals surface area (Å²) in [6.07, 6.45) is -3.92. The summed E-state index contributed by atoms with van der Waals surface area (Å²) in [4.78, 5) is 31.2. The van der Waals surface area contributed by atoms with Crippen molar-refractivity contribution in [3.8, 4) is 0 Å². The van der Waals surface area contributed by atoms with Crippen molar-refractivity contribution in [3.63, 3.8) is 0 Å². The largest absolute Gasteiger partial charge is 0.423 e. The lowest BCUT2D eigenvalue weighted by Gasteiger charge is -2.33. The zero-order valence-corrected chi connectivity index (χ0v) is 25.4. The molecule has 3 aliphatic rings. The highest BCUT2D eigenvalue weighted by molar-refractivity contribution is 5.93. The van der Waals surface area contributed by atoms with Crippen LogP contribution in [-0.4, -0.2) is 70.2 Å². The van der Waals surface area contributed by atoms with Crippen LogP contribution in [0.25, 0.3) is 5.65 Å². The first-order valence-electron chi connectivity index (χ1n) is 15.4. The maximum Gasteiger partial charge on any atom is 0.408 e. The lowest BCUT2D eigenvalue weighted by molar-refractivity contribution is -0.155. The van der Waals surface area contributed by atoms with Crippen LogP contribution in [0, 0.1) is 18.3 Å². The van der Waals surface area contributed by atoms with Gasteiger partial charge in [0.2, 0.25) is 23.6 Å². The van der Waals surface area contributed by atoms with Gasteiger partial charge in [-0.1, -0.05) is 5.16 Å². The minimum atomic E-state index is -4.79. The molecule has 5 heterocycles. The average Bonchev–Trinajstić information content (AvgIpc) is 3.36. The molecule has 0 aromatic carbocycles. The van der Waals surface area contributed by atoms with Crippen LogP contribution in [0.1, 0.15) is 102 Å². The predicted molar refractivity (Wildman–Crippen MR) is 149 cm³/mol. The number of amides is 2. The van der Waals surface area contributed by atoms with E-state index in [0.717, 1.165) is 12.8 Å². The number of carbonyl (C=O) groups is 2. The van der Waals surface area contributed by atoms with E-state index >= 15 is 0 Å². The molecule has 0 bridgehead atoms. The number of aliphatic hydroxyl groups is 1. The van der Waals surface area contributed by atoms with E-state index in [0.29, 0.717) is 11.4 Å². The fraction of sp³-hybridized carbons (Fsp3) is 0.586. The van der Waals surface area contributed by atoms with Crippen molar-refractivity contribution in [1.29, 1.82) is 0 Å². The average molecular weight is 680 g/mol. The summed E-state index contributed by atoms with van der Waals surface area (Å²) in [6, 6.07) is -1.57. The number of halogens is 5. The van der Waals surface area contributed by atoms with Gasteiger partial charge in [-0.05, 0) is 61.2 Å². The van der Waals surface area contributed by atoms with Crippen molar-refractivity contribution in [2.75, 3.05) is 0 Å². The number of fused-ring (bicyclic) bond motifs is 1. The number of carbonyl (C=O) groups excluding carboxylic acids is 2. The first kappa shape index (κ1) is 32.0. The first-order valence-corrected chi connectivity index (χ1v) is 15.4. The molecule has 1 saturated heterocycles. The topological polar surface area (TPSA) is 186 Å². The van der Waals surface area contributed by atoms with Crippen molar-refractivity contribution in [3.05, 3.63) is 52.9 Å². The molecule has 4 aromatic rings. The van der Waals surface area contributed by atoms with Crippen molar-refractivity contribution < 1.29 is 45.7 Å². The fourth-order valence-corrected chi connectivity index (χ4v) is 6.71. The van der Waals surface area contributed by atoms with Crippen LogP contribution in [-0.2, 0) is 11.2 Å². The van der Waals surface area contributed by atoms with E-state index in [9.17, 15) is 36.6 Å². The van der Waals surface area contributed by atoms with Gasteiger partial charge in [0.05, 0.1) is 29.5 Å². The molecule has 4 atom stereocenters. The molecule has 2 saturated carbocycles. The predicted octanol–water partition coefficient (Wildman–Crippen LogP) is 3.69. The Labute approximate surface area is 267 Å². The molecule has 1 aliphatic heterocycles. The van der Waals surface area contributed by atoms with E-state index in [4.69, 9.17) is 9.05 Å². The van der Waals surface area contributed by atoms with E-state index in [1.807, 2.05) is 5.32 Å². The lowest BCUT2D eigenvalue weighted by atomic mass is 9.74. The van der Waals surface area contributed by atoms with Gasteiger partial charge in [-0.15, -0.1) is 10.2 Å². The van der Waals surface area contributed by atoms with Gasteiger partial charge < -0.3 is 20.2 Å². The smallest absolute Gasteiger partial charge is 0.408 e. The number of hydrogen-bond acceptors (Lipinski definition) is 11. The normalized spacial score (nSPS) is 24.5. The SMILES string of the molecule is Cc1nnc(C(O)[C@]2(Cc3cnn4cc([C@@H](NC(=O)c5nonc5C5CC5)C5CCC(F)(F)CC5)nc4c3)C[C@@H](C(F)(F)F)NC2=O)o1. The number of aromatic nitrogens is 7. The van der Waals surface area contributed by atoms with Gasteiger partial charge in [-0.25, -0.2) is 22.9 Å². The molecule has 19 heteroatoms. The molecule has 3 fully saturated rings. The number of imidazole rings is 1. The molecule has 256 valence electrons. The quantitative estimate of drug-likeness (QED) is 0.219. The molecular formula is C29H30F5N9O5. The summed E-state index contributed by atoms with van der Waals surface area (Å²) < 4.78 is 80.9. The zero-order valence-electron chi connectivity index (χ0n) is 25.4. The van der Waals surface area contributed by atoms with Crippen molar-refractivity contribution in [1.82, 2.24) is 45.7 Å². The summed E-state index contributed by atoms with van der Waals surface area (Å²) in [7, 11) is 0. The van der Waals surface area contributed by atoms with Crippen LogP contribution in [0.4, 0.5) is 22.0 Å². The van der Waals surface area contributed by atoms with E-state index in [2.05, 4.69) is 35.9 Å². The first-order chi connectivity index (χ1) is 22.7. The standard InChI is InChI=1S/C29H30F5N9O5/c1-13-39-40-25(47-13)23(44)27(10-18(29(32,33)34)37-26(27)46)9-14-8-19-36-17(12-43(19)35-11-14)20(16-4-6-28(30,31)7-5-16)38-24(45)22-21(15-2-3-15)41-48-42-22/h8,11-12,15-16,18,20,23,44H,2-7,9-10H2,1H3,(H,37,46)(H,38,45)/t18-,20-,23?,27-/m0/s1. The molecule has 7 rings (SSSR count). The van der Waals surface area contributed by atoms with E-state index < -0.39 is 72.2 Å². The van der Waals surface area contributed by atoms with Gasteiger partial charge >= 0.3 is 6.18 Å². The number of aryl methyl sites for hydroxylation is 1. The van der Waals surface area contributed by atoms with Gasteiger partial charge in [-0.2, -0.15) is 18.3 Å². The number of aliphatic hydroxyl groups excluding tert-OH is 1. The molecule has 1 unspecified atom stereocenters. The summed E-state index contributed by atoms with van der Waals surface area (Å²) in [6.45, 7) is 1.43. The van der Waals surface area contributed by atoms with Gasteiger partial charge in [-0.3, -0.25) is 9.59 Å². The molecule has 0 spiro atoms. The molecule has 2 amide bonds. The molecule has 0 radical (unpaired) electrons. The second kappa shape index (κ2) is 11.6. The Kier molecular flexibility index (Phi) is 7.71. The van der Waals surface area contributed by atoms with E-state index in [1.54, 1.807) is 0 Å². The van der Waals surface area contributed by atoms with Crippen molar-refractivity contribution >= 4 is 17.5 Å². The monoisotopic (exact) mass is 679 g/mol. The Morgan fingerprint density at radius 1 is 1.19 bits per heavy atom. The van der Waals surface area contributed by atoms with Crippen LogP contribution < -0.4 is 10.6 Å². The molecule has 3 N–H and O–H groups in total. The number of hydrogen-bond donors (Lipinski definition) is 3. The highest BCUT2D eigenvalue weighted by Gasteiger charge is 2.60. The summed E-state index contributed by atoms with van der Waals surface area (Å²) in [5.74, 6) is -5.20. The maximum atomic E-state index is 14.1.